The van der Waals surface area contributed by atoms with Crippen molar-refractivity contribution in [1.82, 2.24) is 30.2 Å². The molecule has 2 N–H and O–H groups in total. The molecule has 0 saturated carbocycles. The van der Waals surface area contributed by atoms with Crippen molar-refractivity contribution in [2.75, 3.05) is 39.3 Å². The van der Waals surface area contributed by atoms with Crippen LogP contribution in [0.5, 0.6) is 5.75 Å². The maximum atomic E-state index is 15.1. The molecule has 0 spiro atoms. The number of fused-ring (bicyclic) bond motifs is 1. The molecular weight excluding hydrogens is 918 g/mol. The molecule has 69 heavy (non-hydrogen) atoms. The first-order chi connectivity index (χ1) is 33.1. The number of urea groups is 1. The molecule has 0 bridgehead atoms. The smallest absolute Gasteiger partial charge is 0.326 e. The fourth-order valence-corrected chi connectivity index (χ4v) is 9.43. The van der Waals surface area contributed by atoms with Crippen LogP contribution in [0.3, 0.4) is 0 Å². The Hall–Kier alpha value is -6.69. The summed E-state index contributed by atoms with van der Waals surface area (Å²) in [4.78, 5) is 90.7. The van der Waals surface area contributed by atoms with Crippen LogP contribution in [-0.4, -0.2) is 106 Å². The predicted molar refractivity (Wildman–Crippen MR) is 263 cm³/mol. The normalized spacial score (nSPS) is 19.1. The summed E-state index contributed by atoms with van der Waals surface area (Å²) in [6, 6.07) is 24.2. The van der Waals surface area contributed by atoms with Gasteiger partial charge in [-0.25, -0.2) is 4.79 Å². The molecule has 4 heterocycles. The van der Waals surface area contributed by atoms with Crippen molar-refractivity contribution in [3.63, 3.8) is 0 Å². The molecular formula is C53H55Cl2N7O7. The Morgan fingerprint density at radius 1 is 0.870 bits per heavy atom. The highest BCUT2D eigenvalue weighted by atomic mass is 35.5. The number of hydrogen-bond donors (Lipinski definition) is 2. The van der Waals surface area contributed by atoms with Gasteiger partial charge in [-0.05, 0) is 96.0 Å². The Labute approximate surface area is 412 Å². The molecule has 7 amide bonds. The highest BCUT2D eigenvalue weighted by Crippen LogP contribution is 2.46. The van der Waals surface area contributed by atoms with Crippen LogP contribution < -0.4 is 15.4 Å². The maximum Gasteiger partial charge on any atom is 0.326 e. The Morgan fingerprint density at radius 2 is 1.55 bits per heavy atom. The minimum atomic E-state index is -0.714. The maximum absolute atomic E-state index is 15.1. The van der Waals surface area contributed by atoms with Crippen molar-refractivity contribution in [2.24, 2.45) is 4.99 Å². The van der Waals surface area contributed by atoms with E-state index in [0.29, 0.717) is 57.8 Å². The Balaban J connectivity index is 0.897. The average Bonchev–Trinajstić information content (AvgIpc) is 3.89. The third-order valence-corrected chi connectivity index (χ3v) is 13.4. The van der Waals surface area contributed by atoms with Gasteiger partial charge >= 0.3 is 6.03 Å². The number of carbonyl (C=O) groups is 6. The van der Waals surface area contributed by atoms with Crippen molar-refractivity contribution in [1.29, 1.82) is 0 Å². The predicted octanol–water partition coefficient (Wildman–Crippen LogP) is 7.60. The molecule has 3 atom stereocenters. The third kappa shape index (κ3) is 10.8. The zero-order chi connectivity index (χ0) is 49.0. The van der Waals surface area contributed by atoms with E-state index in [1.54, 1.807) is 39.0 Å². The van der Waals surface area contributed by atoms with E-state index in [4.69, 9.17) is 32.9 Å². The lowest BCUT2D eigenvalue weighted by Gasteiger charge is -2.39. The zero-order valence-corrected chi connectivity index (χ0v) is 40.7. The van der Waals surface area contributed by atoms with Gasteiger partial charge in [-0.3, -0.25) is 39.2 Å². The molecule has 4 aliphatic heterocycles. The van der Waals surface area contributed by atoms with E-state index in [1.165, 1.54) is 4.90 Å². The Kier molecular flexibility index (Phi) is 14.8. The standard InChI is InChI=1S/C53H55Cl2N7O7/c1-5-69-43-30-36(53(2,3)4)18-23-40(43)49-58-47(34-14-19-37(54)20-15-34)48(35-16-21-38(55)22-17-35)62(49)52(68)60-28-26-59(27-29-60)46(65)31-56-44(63)13-8-6-7-10-33-11-9-12-39-41(33)32-61(51(39)67)42-24-25-45(64)57-50(42)66/h9,11-12,14-23,30,42,47-48H,5-6,8,13,24-29,31-32H2,1-4H3,(H,56,63)(H,57,64,66). The number of nitrogens with one attached hydrogen (secondary N) is 2. The van der Waals surface area contributed by atoms with Gasteiger partial charge in [0.25, 0.3) is 5.91 Å². The van der Waals surface area contributed by atoms with Gasteiger partial charge in [-0.1, -0.05) is 92.2 Å². The minimum Gasteiger partial charge on any atom is -0.493 e. The SMILES string of the molecule is CCOc1cc(C(C)(C)C)ccc1C1=NC(c2ccc(Cl)cc2)C(c2ccc(Cl)cc2)N1C(=O)N1CCN(C(=O)CNC(=O)CCCC#Cc2cccc3c2CN(C2CCC(=O)NC2=O)C3=O)CC1. The Bertz CT molecular complexity index is 2750. The average molecular weight is 973 g/mol. The topological polar surface area (TPSA) is 161 Å². The lowest BCUT2D eigenvalue weighted by atomic mass is 9.86. The van der Waals surface area contributed by atoms with Crippen molar-refractivity contribution in [2.45, 2.75) is 89.9 Å². The summed E-state index contributed by atoms with van der Waals surface area (Å²) >= 11 is 12.7. The van der Waals surface area contributed by atoms with Gasteiger partial charge in [-0.15, -0.1) is 0 Å². The number of imide groups is 1. The Morgan fingerprint density at radius 3 is 2.22 bits per heavy atom. The molecule has 2 fully saturated rings. The number of carbonyl (C=O) groups excluding carboxylic acids is 6. The monoisotopic (exact) mass is 971 g/mol. The number of piperazine rings is 1. The number of ether oxygens (including phenoxy) is 1. The van der Waals surface area contributed by atoms with Crippen LogP contribution in [0.15, 0.2) is 89.9 Å². The van der Waals surface area contributed by atoms with Crippen LogP contribution >= 0.6 is 23.2 Å². The lowest BCUT2D eigenvalue weighted by Crippen LogP contribution is -2.56. The summed E-state index contributed by atoms with van der Waals surface area (Å²) in [5.41, 5.74) is 5.20. The van der Waals surface area contributed by atoms with Gasteiger partial charge in [0, 0.05) is 73.2 Å². The minimum absolute atomic E-state index is 0.159. The van der Waals surface area contributed by atoms with Crippen LogP contribution in [0.4, 0.5) is 4.79 Å². The van der Waals surface area contributed by atoms with Crippen LogP contribution in [0.1, 0.15) is 116 Å². The van der Waals surface area contributed by atoms with Crippen LogP contribution in [0.25, 0.3) is 0 Å². The third-order valence-electron chi connectivity index (χ3n) is 12.9. The molecule has 0 radical (unpaired) electrons. The highest BCUT2D eigenvalue weighted by molar-refractivity contribution is 6.30. The number of amidine groups is 1. The number of amides is 7. The van der Waals surface area contributed by atoms with Crippen LogP contribution in [-0.2, 0) is 31.1 Å². The van der Waals surface area contributed by atoms with E-state index in [-0.39, 0.29) is 93.6 Å². The number of hydrogen-bond acceptors (Lipinski definition) is 8. The summed E-state index contributed by atoms with van der Waals surface area (Å²) in [5, 5.41) is 6.21. The largest absolute Gasteiger partial charge is 0.493 e. The first kappa shape index (κ1) is 48.8. The van der Waals surface area contributed by atoms with Crippen LogP contribution in [0, 0.1) is 11.8 Å². The summed E-state index contributed by atoms with van der Waals surface area (Å²) in [7, 11) is 0. The fourth-order valence-electron chi connectivity index (χ4n) is 9.17. The number of nitrogens with zero attached hydrogens (tertiary/aromatic N) is 5. The van der Waals surface area contributed by atoms with Gasteiger partial charge in [0.2, 0.25) is 23.6 Å². The molecule has 4 aromatic rings. The highest BCUT2D eigenvalue weighted by Gasteiger charge is 2.45. The first-order valence-corrected chi connectivity index (χ1v) is 24.1. The van der Waals surface area contributed by atoms with Crippen LogP contribution in [0.2, 0.25) is 10.0 Å². The molecule has 8 rings (SSSR count). The molecule has 0 aromatic heterocycles. The zero-order valence-electron chi connectivity index (χ0n) is 39.1. The quantitative estimate of drug-likeness (QED) is 0.0890. The molecule has 4 aromatic carbocycles. The van der Waals surface area contributed by atoms with E-state index < -0.39 is 24.0 Å². The van der Waals surface area contributed by atoms with Crippen molar-refractivity contribution in [3.8, 4) is 17.6 Å². The second kappa shape index (κ2) is 20.9. The number of piperidine rings is 1. The van der Waals surface area contributed by atoms with Crippen molar-refractivity contribution >= 4 is 64.6 Å². The van der Waals surface area contributed by atoms with E-state index in [9.17, 15) is 24.0 Å². The second-order valence-corrected chi connectivity index (χ2v) is 19.4. The fraction of sp³-hybridized carbons (Fsp3) is 0.377. The number of aliphatic imine (C=N–C) groups is 1. The van der Waals surface area contributed by atoms with Crippen molar-refractivity contribution in [3.05, 3.63) is 134 Å². The van der Waals surface area contributed by atoms with Gasteiger partial charge in [-0.2, -0.15) is 0 Å². The first-order valence-electron chi connectivity index (χ1n) is 23.4. The summed E-state index contributed by atoms with van der Waals surface area (Å²) in [6.07, 6.45) is 1.47. The van der Waals surface area contributed by atoms with Gasteiger partial charge in [0.1, 0.15) is 23.7 Å². The van der Waals surface area contributed by atoms with E-state index in [1.807, 2.05) is 61.5 Å². The number of benzene rings is 4. The molecule has 0 aliphatic carbocycles. The molecule has 358 valence electrons. The molecule has 3 unspecified atom stereocenters. The summed E-state index contributed by atoms with van der Waals surface area (Å²) < 4.78 is 6.27. The van der Waals surface area contributed by atoms with Crippen molar-refractivity contribution < 1.29 is 33.5 Å². The lowest BCUT2D eigenvalue weighted by molar-refractivity contribution is -0.137. The molecule has 14 nitrogen and oxygen atoms in total. The molecule has 4 aliphatic rings. The summed E-state index contributed by atoms with van der Waals surface area (Å²) in [6.45, 7) is 9.85. The van der Waals surface area contributed by atoms with E-state index in [2.05, 4.69) is 49.3 Å². The molecule has 16 heteroatoms. The number of unbranched alkanes of at least 4 members (excludes halogenated alkanes) is 1. The van der Waals surface area contributed by atoms with Gasteiger partial charge < -0.3 is 24.8 Å². The van der Waals surface area contributed by atoms with Gasteiger partial charge in [0.05, 0.1) is 24.8 Å². The number of halogens is 2. The summed E-state index contributed by atoms with van der Waals surface area (Å²) in [5.74, 6) is 5.70. The van der Waals surface area contributed by atoms with E-state index >= 15 is 4.79 Å². The second-order valence-electron chi connectivity index (χ2n) is 18.5. The molecule has 2 saturated heterocycles. The number of rotatable bonds is 11. The van der Waals surface area contributed by atoms with Gasteiger partial charge in [0.15, 0.2) is 0 Å². The van der Waals surface area contributed by atoms with E-state index in [0.717, 1.165) is 22.3 Å².